The summed E-state index contributed by atoms with van der Waals surface area (Å²) in [7, 11) is 0. The Bertz CT molecular complexity index is 657. The van der Waals surface area contributed by atoms with Gasteiger partial charge in [0.25, 0.3) is 0 Å². The Morgan fingerprint density at radius 3 is 1.90 bits per heavy atom. The fraction of sp³-hybridized carbons (Fsp3) is 0.520. The van der Waals surface area contributed by atoms with Gasteiger partial charge in [0, 0.05) is 11.6 Å². The van der Waals surface area contributed by atoms with Crippen LogP contribution in [-0.2, 0) is 13.2 Å². The van der Waals surface area contributed by atoms with E-state index in [1.165, 1.54) is 57.3 Å². The highest BCUT2D eigenvalue weighted by molar-refractivity contribution is 6.30. The number of rotatable bonds is 15. The molecule has 2 rings (SSSR count). The fourth-order valence-electron chi connectivity index (χ4n) is 3.21. The third-order valence-electron chi connectivity index (χ3n) is 5.05. The molecule has 0 atom stereocenters. The van der Waals surface area contributed by atoms with Crippen LogP contribution in [0.15, 0.2) is 48.5 Å². The van der Waals surface area contributed by atoms with Crippen LogP contribution in [0.5, 0.6) is 5.75 Å². The van der Waals surface area contributed by atoms with Crippen molar-refractivity contribution in [1.82, 2.24) is 10.2 Å². The van der Waals surface area contributed by atoms with Crippen molar-refractivity contribution in [3.05, 3.63) is 64.7 Å². The standard InChI is InChI=1S/C25H37ClN2O.2ClH/c1-3-5-17-28(18-6-4-2)19-7-16-27-20-22-10-14-25(15-11-22)29-21-23-8-12-24(26)13-9-23;;/h8-15,27H,3-7,16-21H2,1-2H3;2*1H. The third-order valence-corrected chi connectivity index (χ3v) is 5.31. The first-order valence-electron chi connectivity index (χ1n) is 11.1. The van der Waals surface area contributed by atoms with Crippen LogP contribution >= 0.6 is 36.4 Å². The normalized spacial score (nSPS) is 10.5. The number of benzene rings is 2. The third kappa shape index (κ3) is 13.2. The first-order valence-corrected chi connectivity index (χ1v) is 11.5. The summed E-state index contributed by atoms with van der Waals surface area (Å²) in [5, 5.41) is 4.32. The molecule has 176 valence electrons. The van der Waals surface area contributed by atoms with Crippen LogP contribution < -0.4 is 10.1 Å². The summed E-state index contributed by atoms with van der Waals surface area (Å²) in [4.78, 5) is 2.63. The summed E-state index contributed by atoms with van der Waals surface area (Å²) in [6, 6.07) is 16.1. The van der Waals surface area contributed by atoms with Crippen LogP contribution in [0.3, 0.4) is 0 Å². The van der Waals surface area contributed by atoms with Crippen molar-refractivity contribution in [2.24, 2.45) is 0 Å². The molecule has 31 heavy (non-hydrogen) atoms. The van der Waals surface area contributed by atoms with Crippen molar-refractivity contribution in [3.63, 3.8) is 0 Å². The molecule has 0 bridgehead atoms. The summed E-state index contributed by atoms with van der Waals surface area (Å²) >= 11 is 5.91. The Morgan fingerprint density at radius 2 is 1.32 bits per heavy atom. The van der Waals surface area contributed by atoms with E-state index in [9.17, 15) is 0 Å². The molecular formula is C25H39Cl3N2O. The van der Waals surface area contributed by atoms with Gasteiger partial charge >= 0.3 is 0 Å². The fourth-order valence-corrected chi connectivity index (χ4v) is 3.34. The maximum atomic E-state index is 5.91. The number of unbranched alkanes of at least 4 members (excludes halogenated alkanes) is 2. The Hall–Kier alpha value is -0.970. The molecule has 0 heterocycles. The molecule has 0 saturated heterocycles. The van der Waals surface area contributed by atoms with Gasteiger partial charge in [-0.1, -0.05) is 62.6 Å². The zero-order valence-electron chi connectivity index (χ0n) is 18.9. The van der Waals surface area contributed by atoms with Crippen molar-refractivity contribution in [3.8, 4) is 5.75 Å². The van der Waals surface area contributed by atoms with E-state index in [0.29, 0.717) is 6.61 Å². The predicted molar refractivity (Wildman–Crippen MR) is 139 cm³/mol. The van der Waals surface area contributed by atoms with E-state index in [2.05, 4.69) is 36.2 Å². The highest BCUT2D eigenvalue weighted by Gasteiger charge is 2.03. The molecule has 2 aromatic rings. The second kappa shape index (κ2) is 18.6. The molecule has 2 aromatic carbocycles. The molecule has 3 nitrogen and oxygen atoms in total. The molecule has 0 aromatic heterocycles. The zero-order valence-corrected chi connectivity index (χ0v) is 21.3. The van der Waals surface area contributed by atoms with Crippen molar-refractivity contribution in [1.29, 1.82) is 0 Å². The van der Waals surface area contributed by atoms with Crippen molar-refractivity contribution >= 4 is 36.4 Å². The van der Waals surface area contributed by atoms with Gasteiger partial charge in [-0.05, 0) is 80.8 Å². The number of nitrogens with zero attached hydrogens (tertiary/aromatic N) is 1. The highest BCUT2D eigenvalue weighted by atomic mass is 35.5. The molecule has 0 amide bonds. The molecule has 0 fully saturated rings. The van der Waals surface area contributed by atoms with Crippen molar-refractivity contribution in [2.75, 3.05) is 26.2 Å². The lowest BCUT2D eigenvalue weighted by atomic mass is 10.2. The first-order chi connectivity index (χ1) is 14.2. The summed E-state index contributed by atoms with van der Waals surface area (Å²) < 4.78 is 5.85. The lowest BCUT2D eigenvalue weighted by Gasteiger charge is -2.22. The maximum Gasteiger partial charge on any atom is 0.119 e. The minimum absolute atomic E-state index is 0. The number of nitrogens with one attached hydrogen (secondary N) is 1. The number of halogens is 3. The van der Waals surface area contributed by atoms with E-state index >= 15 is 0 Å². The smallest absolute Gasteiger partial charge is 0.119 e. The molecule has 6 heteroatoms. The van der Waals surface area contributed by atoms with Gasteiger partial charge in [0.1, 0.15) is 12.4 Å². The van der Waals surface area contributed by atoms with Gasteiger partial charge in [0.05, 0.1) is 0 Å². The summed E-state index contributed by atoms with van der Waals surface area (Å²) in [5.41, 5.74) is 2.41. The van der Waals surface area contributed by atoms with E-state index in [1.54, 1.807) is 0 Å². The largest absolute Gasteiger partial charge is 0.489 e. The lowest BCUT2D eigenvalue weighted by Crippen LogP contribution is -2.29. The van der Waals surface area contributed by atoms with Gasteiger partial charge in [0.15, 0.2) is 0 Å². The van der Waals surface area contributed by atoms with E-state index in [1.807, 2.05) is 36.4 Å². The van der Waals surface area contributed by atoms with Gasteiger partial charge in [-0.15, -0.1) is 24.8 Å². The molecular weight excluding hydrogens is 451 g/mol. The molecule has 0 unspecified atom stereocenters. The van der Waals surface area contributed by atoms with Gasteiger partial charge < -0.3 is 15.0 Å². The molecule has 0 aliphatic rings. The lowest BCUT2D eigenvalue weighted by molar-refractivity contribution is 0.261. The van der Waals surface area contributed by atoms with Gasteiger partial charge in [-0.25, -0.2) is 0 Å². The summed E-state index contributed by atoms with van der Waals surface area (Å²) in [6.07, 6.45) is 6.38. The molecule has 1 N–H and O–H groups in total. The Morgan fingerprint density at radius 1 is 0.774 bits per heavy atom. The van der Waals surface area contributed by atoms with Crippen molar-refractivity contribution in [2.45, 2.75) is 59.1 Å². The minimum Gasteiger partial charge on any atom is -0.489 e. The summed E-state index contributed by atoms with van der Waals surface area (Å²) in [5.74, 6) is 0.895. The van der Waals surface area contributed by atoms with Crippen LogP contribution in [0.2, 0.25) is 5.02 Å². The molecule has 0 spiro atoms. The highest BCUT2D eigenvalue weighted by Crippen LogP contribution is 2.15. The summed E-state index contributed by atoms with van der Waals surface area (Å²) in [6.45, 7) is 10.7. The van der Waals surface area contributed by atoms with Gasteiger partial charge in [-0.3, -0.25) is 0 Å². The Balaban J connectivity index is 0.00000450. The van der Waals surface area contributed by atoms with Crippen LogP contribution in [0.4, 0.5) is 0 Å². The SMILES string of the molecule is CCCCN(CCCC)CCCNCc1ccc(OCc2ccc(Cl)cc2)cc1.Cl.Cl. The monoisotopic (exact) mass is 488 g/mol. The molecule has 0 radical (unpaired) electrons. The van der Waals surface area contributed by atoms with Crippen molar-refractivity contribution < 1.29 is 4.74 Å². The maximum absolute atomic E-state index is 5.91. The molecule has 0 aliphatic heterocycles. The first kappa shape index (κ1) is 30.0. The van der Waals surface area contributed by atoms with Gasteiger partial charge in [0.2, 0.25) is 0 Å². The Kier molecular flexibility index (Phi) is 18.0. The van der Waals surface area contributed by atoms with Gasteiger partial charge in [-0.2, -0.15) is 0 Å². The number of ether oxygens (including phenoxy) is 1. The van der Waals surface area contributed by atoms with E-state index in [4.69, 9.17) is 16.3 Å². The second-order valence-corrected chi connectivity index (χ2v) is 8.07. The van der Waals surface area contributed by atoms with E-state index < -0.39 is 0 Å². The quantitative estimate of drug-likeness (QED) is 0.269. The average Bonchev–Trinajstić information content (AvgIpc) is 2.75. The van der Waals surface area contributed by atoms with Crippen LogP contribution in [0.1, 0.15) is 57.1 Å². The van der Waals surface area contributed by atoms with Crippen LogP contribution in [0, 0.1) is 0 Å². The minimum atomic E-state index is 0. The topological polar surface area (TPSA) is 24.5 Å². The predicted octanol–water partition coefficient (Wildman–Crippen LogP) is 7.14. The second-order valence-electron chi connectivity index (χ2n) is 7.64. The van der Waals surface area contributed by atoms with Crippen LogP contribution in [-0.4, -0.2) is 31.1 Å². The van der Waals surface area contributed by atoms with E-state index in [-0.39, 0.29) is 24.8 Å². The van der Waals surface area contributed by atoms with E-state index in [0.717, 1.165) is 29.4 Å². The zero-order chi connectivity index (χ0) is 20.7. The molecule has 0 aliphatic carbocycles. The van der Waals surface area contributed by atoms with Crippen LogP contribution in [0.25, 0.3) is 0 Å². The molecule has 0 saturated carbocycles. The average molecular weight is 490 g/mol. The Labute approximate surface area is 206 Å². The number of hydrogen-bond acceptors (Lipinski definition) is 3. The number of hydrogen-bond donors (Lipinski definition) is 1.